The third kappa shape index (κ3) is 0.677. The van der Waals surface area contributed by atoms with Crippen LogP contribution in [0.1, 0.15) is 12.8 Å². The highest BCUT2D eigenvalue weighted by molar-refractivity contribution is 5.76. The molecule has 1 rings (SSSR count). The number of aliphatic hydroxyl groups is 1. The van der Waals surface area contributed by atoms with Gasteiger partial charge < -0.3 is 5.11 Å². The van der Waals surface area contributed by atoms with Crippen molar-refractivity contribution >= 4 is 5.91 Å². The van der Waals surface area contributed by atoms with Gasteiger partial charge in [-0.05, 0) is 0 Å². The van der Waals surface area contributed by atoms with Gasteiger partial charge in [-0.2, -0.15) is 5.06 Å². The first kappa shape index (κ1) is 5.53. The van der Waals surface area contributed by atoms with Crippen LogP contribution < -0.4 is 0 Å². The number of carbonyl (C=O) groups excluding carboxylic acids is 1. The number of hydroxylamine groups is 2. The van der Waals surface area contributed by atoms with Gasteiger partial charge in [0.2, 0.25) is 5.91 Å². The lowest BCUT2D eigenvalue weighted by Gasteiger charge is -2.09. The fourth-order valence-corrected chi connectivity index (χ4v) is 0.656. The molecular formula is C4H7NO3. The van der Waals surface area contributed by atoms with Gasteiger partial charge in [0.15, 0.2) is 6.23 Å². The Morgan fingerprint density at radius 1 is 1.75 bits per heavy atom. The van der Waals surface area contributed by atoms with E-state index in [1.165, 1.54) is 0 Å². The van der Waals surface area contributed by atoms with Crippen molar-refractivity contribution in [3.63, 3.8) is 0 Å². The maximum absolute atomic E-state index is 10.3. The van der Waals surface area contributed by atoms with E-state index in [1.807, 2.05) is 0 Å². The second-order valence-electron chi connectivity index (χ2n) is 1.76. The Balaban J connectivity index is 2.56. The van der Waals surface area contributed by atoms with Crippen molar-refractivity contribution in [1.82, 2.24) is 5.06 Å². The van der Waals surface area contributed by atoms with Gasteiger partial charge in [-0.25, -0.2) is 0 Å². The highest BCUT2D eigenvalue weighted by Crippen LogP contribution is 2.12. The molecule has 0 bridgehead atoms. The van der Waals surface area contributed by atoms with Crippen molar-refractivity contribution in [3.8, 4) is 0 Å². The molecule has 1 aliphatic heterocycles. The van der Waals surface area contributed by atoms with E-state index in [0.29, 0.717) is 11.5 Å². The maximum Gasteiger partial charge on any atom is 0.248 e. The average Bonchev–Trinajstić information content (AvgIpc) is 1.98. The van der Waals surface area contributed by atoms with Gasteiger partial charge in [-0.15, -0.1) is 0 Å². The van der Waals surface area contributed by atoms with Gasteiger partial charge in [0.05, 0.1) is 0 Å². The predicted octanol–water partition coefficient (Wildman–Crippen LogP) is -0.684. The highest BCUT2D eigenvalue weighted by Gasteiger charge is 2.27. The largest absolute Gasteiger partial charge is 0.371 e. The summed E-state index contributed by atoms with van der Waals surface area (Å²) in [7, 11) is 0. The molecular weight excluding hydrogens is 110 g/mol. The van der Waals surface area contributed by atoms with Gasteiger partial charge >= 0.3 is 0 Å². The number of carbonyl (C=O) groups is 1. The van der Waals surface area contributed by atoms with Crippen molar-refractivity contribution in [2.45, 2.75) is 19.1 Å². The molecule has 0 radical (unpaired) electrons. The zero-order chi connectivity index (χ0) is 6.15. The van der Waals surface area contributed by atoms with Crippen LogP contribution in [0.25, 0.3) is 0 Å². The molecule has 4 nitrogen and oxygen atoms in total. The summed E-state index contributed by atoms with van der Waals surface area (Å²) in [5.74, 6) is -0.405. The van der Waals surface area contributed by atoms with Crippen LogP contribution in [0.4, 0.5) is 0 Å². The Hall–Kier alpha value is -0.610. The molecule has 1 aliphatic rings. The summed E-state index contributed by atoms with van der Waals surface area (Å²) in [6.45, 7) is 0. The second kappa shape index (κ2) is 1.72. The molecule has 0 aromatic rings. The van der Waals surface area contributed by atoms with Crippen molar-refractivity contribution < 1.29 is 15.1 Å². The van der Waals surface area contributed by atoms with Crippen LogP contribution in [0.5, 0.6) is 0 Å². The van der Waals surface area contributed by atoms with Crippen LogP contribution >= 0.6 is 0 Å². The zero-order valence-electron chi connectivity index (χ0n) is 4.24. The Bertz CT molecular complexity index is 114. The standard InChI is InChI=1S/C4H7NO3/c6-3-1-2-4(7)5(3)8/h3,6,8H,1-2H2/t3-/m0/s1. The molecule has 1 amide bonds. The normalized spacial score (nSPS) is 29.5. The zero-order valence-corrected chi connectivity index (χ0v) is 4.24. The molecule has 8 heavy (non-hydrogen) atoms. The number of rotatable bonds is 0. The van der Waals surface area contributed by atoms with E-state index >= 15 is 0 Å². The summed E-state index contributed by atoms with van der Waals surface area (Å²) < 4.78 is 0. The molecule has 1 atom stereocenters. The molecule has 46 valence electrons. The highest BCUT2D eigenvalue weighted by atomic mass is 16.5. The van der Waals surface area contributed by atoms with E-state index in [-0.39, 0.29) is 6.42 Å². The summed E-state index contributed by atoms with van der Waals surface area (Å²) in [5.41, 5.74) is 0. The quantitative estimate of drug-likeness (QED) is 0.413. The third-order valence-electron chi connectivity index (χ3n) is 1.15. The van der Waals surface area contributed by atoms with E-state index in [9.17, 15) is 4.79 Å². The summed E-state index contributed by atoms with van der Waals surface area (Å²) in [5, 5.41) is 17.5. The molecule has 0 aromatic heterocycles. The number of nitrogens with zero attached hydrogens (tertiary/aromatic N) is 1. The summed E-state index contributed by atoms with van der Waals surface area (Å²) in [4.78, 5) is 10.3. The number of amides is 1. The predicted molar refractivity (Wildman–Crippen MR) is 23.9 cm³/mol. The molecule has 2 N–H and O–H groups in total. The first-order valence-electron chi connectivity index (χ1n) is 2.41. The number of hydrogen-bond donors (Lipinski definition) is 2. The lowest BCUT2D eigenvalue weighted by atomic mass is 10.4. The van der Waals surface area contributed by atoms with Crippen molar-refractivity contribution in [1.29, 1.82) is 0 Å². The van der Waals surface area contributed by atoms with Crippen LogP contribution in [-0.2, 0) is 4.79 Å². The molecule has 1 heterocycles. The maximum atomic E-state index is 10.3. The van der Waals surface area contributed by atoms with E-state index in [2.05, 4.69) is 0 Å². The summed E-state index contributed by atoms with van der Waals surface area (Å²) in [6.07, 6.45) is -0.380. The first-order valence-corrected chi connectivity index (χ1v) is 2.41. The SMILES string of the molecule is O=C1CC[C@H](O)N1O. The van der Waals surface area contributed by atoms with Crippen LogP contribution in [-0.4, -0.2) is 27.5 Å². The van der Waals surface area contributed by atoms with Gasteiger partial charge in [-0.1, -0.05) is 0 Å². The Morgan fingerprint density at radius 3 is 2.50 bits per heavy atom. The molecule has 0 aromatic carbocycles. The van der Waals surface area contributed by atoms with Crippen molar-refractivity contribution in [2.24, 2.45) is 0 Å². The lowest BCUT2D eigenvalue weighted by molar-refractivity contribution is -0.189. The molecule has 1 saturated heterocycles. The minimum Gasteiger partial charge on any atom is -0.371 e. The second-order valence-corrected chi connectivity index (χ2v) is 1.76. The lowest BCUT2D eigenvalue weighted by Crippen LogP contribution is -2.28. The summed E-state index contributed by atoms with van der Waals surface area (Å²) in [6, 6.07) is 0. The van der Waals surface area contributed by atoms with Crippen LogP contribution in [0.2, 0.25) is 0 Å². The fraction of sp³-hybridized carbons (Fsp3) is 0.750. The monoisotopic (exact) mass is 117 g/mol. The van der Waals surface area contributed by atoms with E-state index < -0.39 is 12.1 Å². The smallest absolute Gasteiger partial charge is 0.248 e. The molecule has 0 aliphatic carbocycles. The topological polar surface area (TPSA) is 60.8 Å². The van der Waals surface area contributed by atoms with Gasteiger partial charge in [0.25, 0.3) is 0 Å². The molecule has 0 saturated carbocycles. The van der Waals surface area contributed by atoms with Gasteiger partial charge in [0, 0.05) is 12.8 Å². The minimum atomic E-state index is -0.970. The summed E-state index contributed by atoms with van der Waals surface area (Å²) >= 11 is 0. The average molecular weight is 117 g/mol. The van der Waals surface area contributed by atoms with Crippen LogP contribution in [0.3, 0.4) is 0 Å². The Morgan fingerprint density at radius 2 is 2.38 bits per heavy atom. The molecule has 1 fully saturated rings. The minimum absolute atomic E-state index is 0.248. The molecule has 0 spiro atoms. The third-order valence-corrected chi connectivity index (χ3v) is 1.15. The number of hydrogen-bond acceptors (Lipinski definition) is 3. The van der Waals surface area contributed by atoms with E-state index in [0.717, 1.165) is 0 Å². The van der Waals surface area contributed by atoms with Gasteiger partial charge in [0.1, 0.15) is 0 Å². The Kier molecular flexibility index (Phi) is 1.19. The number of aliphatic hydroxyl groups excluding tert-OH is 1. The first-order chi connectivity index (χ1) is 3.72. The molecule has 4 heteroatoms. The van der Waals surface area contributed by atoms with Crippen LogP contribution in [0.15, 0.2) is 0 Å². The van der Waals surface area contributed by atoms with Gasteiger partial charge in [-0.3, -0.25) is 10.0 Å². The molecule has 0 unspecified atom stereocenters. The van der Waals surface area contributed by atoms with E-state index in [1.54, 1.807) is 0 Å². The Labute approximate surface area is 46.3 Å². The van der Waals surface area contributed by atoms with Crippen molar-refractivity contribution in [2.75, 3.05) is 0 Å². The van der Waals surface area contributed by atoms with Crippen LogP contribution in [0, 0.1) is 0 Å². The van der Waals surface area contributed by atoms with Crippen molar-refractivity contribution in [3.05, 3.63) is 0 Å². The van der Waals surface area contributed by atoms with E-state index in [4.69, 9.17) is 10.3 Å². The fourth-order valence-electron chi connectivity index (χ4n) is 0.656.